The Hall–Kier alpha value is -4.01. The van der Waals surface area contributed by atoms with Crippen LogP contribution in [0.15, 0.2) is 64.2 Å². The molecule has 2 heterocycles. The number of aromatic carboxylic acids is 1. The molecule has 26 heavy (non-hydrogen) atoms. The van der Waals surface area contributed by atoms with Gasteiger partial charge in [0.05, 0.1) is 16.7 Å². The fourth-order valence-electron chi connectivity index (χ4n) is 2.17. The van der Waals surface area contributed by atoms with Gasteiger partial charge in [-0.3, -0.25) is 15.5 Å². The SMILES string of the molecule is O=C(O)c1ccccc1-c1ccc(/C=N/Nc2ccc([N+](=O)[O-])cn2)o1. The summed E-state index contributed by atoms with van der Waals surface area (Å²) in [4.78, 5) is 25.1. The van der Waals surface area contributed by atoms with Crippen LogP contribution in [0.2, 0.25) is 0 Å². The van der Waals surface area contributed by atoms with Crippen LogP contribution in [-0.2, 0) is 0 Å². The second-order valence-corrected chi connectivity index (χ2v) is 5.08. The average Bonchev–Trinajstić information content (AvgIpc) is 3.11. The Labute approximate surface area is 146 Å². The number of benzene rings is 1. The quantitative estimate of drug-likeness (QED) is 0.395. The lowest BCUT2D eigenvalue weighted by molar-refractivity contribution is -0.385. The Kier molecular flexibility index (Phi) is 4.70. The van der Waals surface area contributed by atoms with E-state index in [1.807, 2.05) is 0 Å². The van der Waals surface area contributed by atoms with Gasteiger partial charge in [-0.2, -0.15) is 5.10 Å². The summed E-state index contributed by atoms with van der Waals surface area (Å²) in [6.45, 7) is 0. The van der Waals surface area contributed by atoms with Crippen molar-refractivity contribution < 1.29 is 19.2 Å². The zero-order valence-electron chi connectivity index (χ0n) is 13.2. The predicted octanol–water partition coefficient (Wildman–Crippen LogP) is 3.39. The number of hydrogen-bond acceptors (Lipinski definition) is 7. The van der Waals surface area contributed by atoms with Crippen molar-refractivity contribution in [3.63, 3.8) is 0 Å². The molecular formula is C17H12N4O5. The predicted molar refractivity (Wildman–Crippen MR) is 93.2 cm³/mol. The maximum Gasteiger partial charge on any atom is 0.336 e. The van der Waals surface area contributed by atoms with Gasteiger partial charge in [0.1, 0.15) is 23.5 Å². The Morgan fingerprint density at radius 1 is 1.23 bits per heavy atom. The summed E-state index contributed by atoms with van der Waals surface area (Å²) in [5, 5.41) is 23.7. The first-order valence-corrected chi connectivity index (χ1v) is 7.36. The van der Waals surface area contributed by atoms with Gasteiger partial charge in [0, 0.05) is 11.6 Å². The third kappa shape index (κ3) is 3.73. The molecular weight excluding hydrogens is 340 g/mol. The zero-order valence-corrected chi connectivity index (χ0v) is 13.2. The molecule has 1 aromatic carbocycles. The van der Waals surface area contributed by atoms with E-state index in [-0.39, 0.29) is 11.3 Å². The summed E-state index contributed by atoms with van der Waals surface area (Å²) in [5.41, 5.74) is 3.10. The molecule has 0 bridgehead atoms. The number of nitrogens with one attached hydrogen (secondary N) is 1. The number of furan rings is 1. The first-order chi connectivity index (χ1) is 12.5. The summed E-state index contributed by atoms with van der Waals surface area (Å²) in [6, 6.07) is 12.5. The lowest BCUT2D eigenvalue weighted by atomic mass is 10.1. The molecule has 0 unspecified atom stereocenters. The molecule has 0 fully saturated rings. The van der Waals surface area contributed by atoms with Gasteiger partial charge in [-0.05, 0) is 24.3 Å². The Bertz CT molecular complexity index is 979. The molecule has 2 aromatic heterocycles. The van der Waals surface area contributed by atoms with Gasteiger partial charge in [-0.25, -0.2) is 9.78 Å². The summed E-state index contributed by atoms with van der Waals surface area (Å²) in [7, 11) is 0. The minimum absolute atomic E-state index is 0.118. The van der Waals surface area contributed by atoms with Gasteiger partial charge < -0.3 is 9.52 Å². The third-order valence-corrected chi connectivity index (χ3v) is 3.38. The monoisotopic (exact) mass is 352 g/mol. The number of hydrogen-bond donors (Lipinski definition) is 2. The van der Waals surface area contributed by atoms with E-state index in [0.717, 1.165) is 6.20 Å². The number of carboxylic acid groups (broad SMARTS) is 1. The number of aromatic nitrogens is 1. The van der Waals surface area contributed by atoms with Crippen LogP contribution in [-0.4, -0.2) is 27.2 Å². The van der Waals surface area contributed by atoms with Gasteiger partial charge in [-0.1, -0.05) is 18.2 Å². The van der Waals surface area contributed by atoms with Crippen LogP contribution in [0, 0.1) is 10.1 Å². The molecule has 2 N–H and O–H groups in total. The molecule has 0 amide bonds. The zero-order chi connectivity index (χ0) is 18.5. The maximum atomic E-state index is 11.3. The molecule has 130 valence electrons. The number of hydrazone groups is 1. The molecule has 0 saturated heterocycles. The van der Waals surface area contributed by atoms with E-state index in [4.69, 9.17) is 4.42 Å². The summed E-state index contributed by atoms with van der Waals surface area (Å²) in [5.74, 6) is 0.0838. The first kappa shape index (κ1) is 16.8. The molecule has 9 heteroatoms. The number of rotatable bonds is 6. The lowest BCUT2D eigenvalue weighted by Crippen LogP contribution is -1.98. The molecule has 0 spiro atoms. The average molecular weight is 352 g/mol. The fourth-order valence-corrected chi connectivity index (χ4v) is 2.17. The molecule has 0 atom stereocenters. The largest absolute Gasteiger partial charge is 0.478 e. The van der Waals surface area contributed by atoms with Gasteiger partial charge >= 0.3 is 5.97 Å². The van der Waals surface area contributed by atoms with Crippen molar-refractivity contribution in [3.05, 3.63) is 76.2 Å². The summed E-state index contributed by atoms with van der Waals surface area (Å²) >= 11 is 0. The standard InChI is InChI=1S/C17H12N4O5/c22-17(23)14-4-2-1-3-13(14)15-7-6-12(26-15)10-19-20-16-8-5-11(9-18-16)21(24)25/h1-10H,(H,18,20)(H,22,23)/b19-10+. The maximum absolute atomic E-state index is 11.3. The van der Waals surface area contributed by atoms with Crippen molar-refractivity contribution in [1.29, 1.82) is 0 Å². The highest BCUT2D eigenvalue weighted by Crippen LogP contribution is 2.25. The van der Waals surface area contributed by atoms with E-state index in [2.05, 4.69) is 15.5 Å². The molecule has 0 aliphatic heterocycles. The van der Waals surface area contributed by atoms with Crippen LogP contribution in [0.4, 0.5) is 11.5 Å². The highest BCUT2D eigenvalue weighted by molar-refractivity contribution is 5.95. The van der Waals surface area contributed by atoms with Crippen molar-refractivity contribution in [1.82, 2.24) is 4.98 Å². The van der Waals surface area contributed by atoms with Gasteiger partial charge in [0.15, 0.2) is 0 Å². The van der Waals surface area contributed by atoms with E-state index in [0.29, 0.717) is 22.9 Å². The Balaban J connectivity index is 1.72. The third-order valence-electron chi connectivity index (χ3n) is 3.38. The van der Waals surface area contributed by atoms with Crippen LogP contribution in [0.3, 0.4) is 0 Å². The van der Waals surface area contributed by atoms with Gasteiger partial charge in [0.2, 0.25) is 0 Å². The highest BCUT2D eigenvalue weighted by Gasteiger charge is 2.13. The molecule has 0 aliphatic rings. The molecule has 0 saturated carbocycles. The topological polar surface area (TPSA) is 131 Å². The van der Waals surface area contributed by atoms with Crippen molar-refractivity contribution in [2.24, 2.45) is 5.10 Å². The number of anilines is 1. The normalized spacial score (nSPS) is 10.8. The van der Waals surface area contributed by atoms with Crippen LogP contribution in [0.5, 0.6) is 0 Å². The molecule has 0 radical (unpaired) electrons. The van der Waals surface area contributed by atoms with Gasteiger partial charge in [-0.15, -0.1) is 0 Å². The lowest BCUT2D eigenvalue weighted by Gasteiger charge is -2.01. The van der Waals surface area contributed by atoms with Crippen molar-refractivity contribution in [2.45, 2.75) is 0 Å². The van der Waals surface area contributed by atoms with Gasteiger partial charge in [0.25, 0.3) is 5.69 Å². The number of nitrogens with zero attached hydrogens (tertiary/aromatic N) is 3. The summed E-state index contributed by atoms with van der Waals surface area (Å²) in [6.07, 6.45) is 2.50. The number of carbonyl (C=O) groups is 1. The van der Waals surface area contributed by atoms with Crippen LogP contribution < -0.4 is 5.43 Å². The Morgan fingerprint density at radius 2 is 2.04 bits per heavy atom. The second-order valence-electron chi connectivity index (χ2n) is 5.08. The van der Waals surface area contributed by atoms with E-state index in [9.17, 15) is 20.0 Å². The highest BCUT2D eigenvalue weighted by atomic mass is 16.6. The van der Waals surface area contributed by atoms with Crippen molar-refractivity contribution in [3.8, 4) is 11.3 Å². The van der Waals surface area contributed by atoms with E-state index >= 15 is 0 Å². The minimum Gasteiger partial charge on any atom is -0.478 e. The number of nitro groups is 1. The second kappa shape index (κ2) is 7.26. The first-order valence-electron chi connectivity index (χ1n) is 7.36. The van der Waals surface area contributed by atoms with Crippen LogP contribution in [0.1, 0.15) is 16.1 Å². The smallest absolute Gasteiger partial charge is 0.336 e. The molecule has 9 nitrogen and oxygen atoms in total. The molecule has 3 aromatic rings. The van der Waals surface area contributed by atoms with E-state index < -0.39 is 10.9 Å². The van der Waals surface area contributed by atoms with Crippen molar-refractivity contribution >= 4 is 23.7 Å². The molecule has 0 aliphatic carbocycles. The fraction of sp³-hybridized carbons (Fsp3) is 0. The summed E-state index contributed by atoms with van der Waals surface area (Å²) < 4.78 is 5.59. The van der Waals surface area contributed by atoms with Crippen LogP contribution in [0.25, 0.3) is 11.3 Å². The Morgan fingerprint density at radius 3 is 2.73 bits per heavy atom. The van der Waals surface area contributed by atoms with E-state index in [1.54, 1.807) is 30.3 Å². The minimum atomic E-state index is -1.04. The van der Waals surface area contributed by atoms with Crippen LogP contribution >= 0.6 is 0 Å². The van der Waals surface area contributed by atoms with Crippen molar-refractivity contribution in [2.75, 3.05) is 5.43 Å². The molecule has 3 rings (SSSR count). The number of pyridine rings is 1. The number of carboxylic acids is 1. The van der Waals surface area contributed by atoms with E-state index in [1.165, 1.54) is 24.4 Å².